The molecule has 6 heteroatoms. The number of aliphatic carboxylic acids is 1. The predicted molar refractivity (Wildman–Crippen MR) is 63.3 cm³/mol. The molecular formula is C11H15NO4S. The molecule has 2 N–H and O–H groups in total. The van der Waals surface area contributed by atoms with Crippen molar-refractivity contribution >= 4 is 16.0 Å². The molecule has 0 radical (unpaired) electrons. The van der Waals surface area contributed by atoms with Crippen LogP contribution in [0.15, 0.2) is 23.1 Å². The fourth-order valence-electron chi connectivity index (χ4n) is 1.23. The molecule has 0 unspecified atom stereocenters. The molecule has 1 atom stereocenters. The molecule has 0 spiro atoms. The van der Waals surface area contributed by atoms with E-state index in [1.165, 1.54) is 19.1 Å². The summed E-state index contributed by atoms with van der Waals surface area (Å²) in [7, 11) is -3.77. The Morgan fingerprint density at radius 2 is 1.88 bits per heavy atom. The largest absolute Gasteiger partial charge is 0.480 e. The van der Waals surface area contributed by atoms with Crippen LogP contribution in [-0.2, 0) is 14.8 Å². The van der Waals surface area contributed by atoms with Crippen molar-refractivity contribution in [2.45, 2.75) is 31.7 Å². The Hall–Kier alpha value is -1.40. The van der Waals surface area contributed by atoms with Gasteiger partial charge >= 0.3 is 5.97 Å². The van der Waals surface area contributed by atoms with Crippen molar-refractivity contribution in [2.75, 3.05) is 0 Å². The number of sulfonamides is 1. The lowest BCUT2D eigenvalue weighted by molar-refractivity contribution is -0.138. The topological polar surface area (TPSA) is 83.5 Å². The molecule has 1 aromatic rings. The number of carboxylic acid groups (broad SMARTS) is 1. The van der Waals surface area contributed by atoms with Gasteiger partial charge in [0.15, 0.2) is 0 Å². The molecule has 0 aliphatic carbocycles. The summed E-state index contributed by atoms with van der Waals surface area (Å²) < 4.78 is 25.8. The molecule has 0 aromatic heterocycles. The van der Waals surface area contributed by atoms with E-state index in [1.54, 1.807) is 13.0 Å². The van der Waals surface area contributed by atoms with Crippen LogP contribution >= 0.6 is 0 Å². The zero-order valence-corrected chi connectivity index (χ0v) is 10.7. The van der Waals surface area contributed by atoms with Crippen LogP contribution in [0.25, 0.3) is 0 Å². The third kappa shape index (κ3) is 3.28. The lowest BCUT2D eigenvalue weighted by Crippen LogP contribution is -2.38. The number of carbonyl (C=O) groups is 1. The zero-order chi connectivity index (χ0) is 13.2. The second-order valence-corrected chi connectivity index (χ2v) is 5.64. The second-order valence-electron chi connectivity index (χ2n) is 3.93. The number of nitrogens with one attached hydrogen (secondary N) is 1. The van der Waals surface area contributed by atoms with Gasteiger partial charge in [-0.3, -0.25) is 4.79 Å². The van der Waals surface area contributed by atoms with Crippen molar-refractivity contribution in [3.8, 4) is 0 Å². The Bertz CT molecular complexity index is 536. The number of hydrogen-bond acceptors (Lipinski definition) is 3. The molecular weight excluding hydrogens is 242 g/mol. The van der Waals surface area contributed by atoms with E-state index in [-0.39, 0.29) is 4.90 Å². The minimum Gasteiger partial charge on any atom is -0.480 e. The third-order valence-electron chi connectivity index (χ3n) is 2.49. The average Bonchev–Trinajstić information content (AvgIpc) is 2.21. The van der Waals surface area contributed by atoms with Crippen LogP contribution in [-0.4, -0.2) is 25.5 Å². The van der Waals surface area contributed by atoms with Gasteiger partial charge in [-0.05, 0) is 44.0 Å². The average molecular weight is 257 g/mol. The Morgan fingerprint density at radius 3 is 2.35 bits per heavy atom. The molecule has 0 fully saturated rings. The first-order valence-electron chi connectivity index (χ1n) is 5.06. The van der Waals surface area contributed by atoms with Crippen molar-refractivity contribution in [2.24, 2.45) is 0 Å². The zero-order valence-electron chi connectivity index (χ0n) is 9.89. The second kappa shape index (κ2) is 4.85. The number of carboxylic acids is 1. The highest BCUT2D eigenvalue weighted by Gasteiger charge is 2.21. The standard InChI is InChI=1S/C11H15NO4S/c1-7-4-5-10(6-8(7)2)17(15,16)12-9(3)11(13)14/h4-6,9,12H,1-3H3,(H,13,14)/t9-/m1/s1. The van der Waals surface area contributed by atoms with Gasteiger partial charge in [0.25, 0.3) is 0 Å². The van der Waals surface area contributed by atoms with Gasteiger partial charge in [0, 0.05) is 0 Å². The summed E-state index contributed by atoms with van der Waals surface area (Å²) in [5.74, 6) is -1.21. The molecule has 0 bridgehead atoms. The molecule has 0 aliphatic heterocycles. The van der Waals surface area contributed by atoms with Gasteiger partial charge in [-0.15, -0.1) is 0 Å². The van der Waals surface area contributed by atoms with Crippen molar-refractivity contribution in [1.82, 2.24) is 4.72 Å². The summed E-state index contributed by atoms with van der Waals surface area (Å²) in [5, 5.41) is 8.66. The molecule has 1 aromatic carbocycles. The normalized spacial score (nSPS) is 13.4. The summed E-state index contributed by atoms with van der Waals surface area (Å²) >= 11 is 0. The van der Waals surface area contributed by atoms with Crippen molar-refractivity contribution in [1.29, 1.82) is 0 Å². The van der Waals surface area contributed by atoms with Crippen molar-refractivity contribution < 1.29 is 18.3 Å². The predicted octanol–water partition coefficient (Wildman–Crippen LogP) is 1.05. The van der Waals surface area contributed by atoms with Crippen LogP contribution in [0, 0.1) is 13.8 Å². The fourth-order valence-corrected chi connectivity index (χ4v) is 2.51. The molecule has 0 amide bonds. The van der Waals surface area contributed by atoms with Gasteiger partial charge < -0.3 is 5.11 Å². The van der Waals surface area contributed by atoms with Gasteiger partial charge in [-0.25, -0.2) is 8.42 Å². The molecule has 0 aliphatic rings. The maximum atomic E-state index is 11.8. The SMILES string of the molecule is Cc1ccc(S(=O)(=O)N[C@H](C)C(=O)O)cc1C. The van der Waals surface area contributed by atoms with E-state index in [4.69, 9.17) is 5.11 Å². The van der Waals surface area contributed by atoms with E-state index in [0.717, 1.165) is 11.1 Å². The number of rotatable bonds is 4. The van der Waals surface area contributed by atoms with Crippen molar-refractivity contribution in [3.05, 3.63) is 29.3 Å². The molecule has 1 rings (SSSR count). The summed E-state index contributed by atoms with van der Waals surface area (Å²) in [5.41, 5.74) is 1.83. The summed E-state index contributed by atoms with van der Waals surface area (Å²) in [6, 6.07) is 3.52. The number of aryl methyl sites for hydroxylation is 2. The summed E-state index contributed by atoms with van der Waals surface area (Å²) in [6.45, 7) is 4.95. The quantitative estimate of drug-likeness (QED) is 0.844. The first kappa shape index (κ1) is 13.7. The Kier molecular flexibility index (Phi) is 3.90. The van der Waals surface area contributed by atoms with Crippen LogP contribution in [0.1, 0.15) is 18.1 Å². The Labute approximate surface area is 101 Å². The lowest BCUT2D eigenvalue weighted by atomic mass is 10.1. The maximum Gasteiger partial charge on any atom is 0.321 e. The van der Waals surface area contributed by atoms with E-state index in [0.29, 0.717) is 0 Å². The Balaban J connectivity index is 3.05. The van der Waals surface area contributed by atoms with Gasteiger partial charge in [0.1, 0.15) is 6.04 Å². The van der Waals surface area contributed by atoms with Crippen LogP contribution in [0.5, 0.6) is 0 Å². The molecule has 0 saturated heterocycles. The van der Waals surface area contributed by atoms with Gasteiger partial charge in [-0.1, -0.05) is 6.07 Å². The molecule has 0 saturated carbocycles. The smallest absolute Gasteiger partial charge is 0.321 e. The maximum absolute atomic E-state index is 11.8. The van der Waals surface area contributed by atoms with Gasteiger partial charge in [0.05, 0.1) is 4.90 Å². The highest BCUT2D eigenvalue weighted by Crippen LogP contribution is 2.14. The molecule has 5 nitrogen and oxygen atoms in total. The molecule has 94 valence electrons. The van der Waals surface area contributed by atoms with E-state index in [1.807, 2.05) is 6.92 Å². The van der Waals surface area contributed by atoms with E-state index >= 15 is 0 Å². The van der Waals surface area contributed by atoms with Crippen LogP contribution in [0.4, 0.5) is 0 Å². The van der Waals surface area contributed by atoms with E-state index in [2.05, 4.69) is 4.72 Å². The van der Waals surface area contributed by atoms with Crippen LogP contribution in [0.2, 0.25) is 0 Å². The van der Waals surface area contributed by atoms with Crippen LogP contribution < -0.4 is 4.72 Å². The first-order chi connectivity index (χ1) is 7.74. The summed E-state index contributed by atoms with van der Waals surface area (Å²) in [6.07, 6.45) is 0. The van der Waals surface area contributed by atoms with Gasteiger partial charge in [0.2, 0.25) is 10.0 Å². The third-order valence-corrected chi connectivity index (χ3v) is 4.03. The number of benzene rings is 1. The highest BCUT2D eigenvalue weighted by molar-refractivity contribution is 7.89. The lowest BCUT2D eigenvalue weighted by Gasteiger charge is -2.11. The van der Waals surface area contributed by atoms with E-state index < -0.39 is 22.0 Å². The van der Waals surface area contributed by atoms with Crippen molar-refractivity contribution in [3.63, 3.8) is 0 Å². The monoisotopic (exact) mass is 257 g/mol. The molecule has 17 heavy (non-hydrogen) atoms. The molecule has 0 heterocycles. The minimum absolute atomic E-state index is 0.0775. The number of hydrogen-bond donors (Lipinski definition) is 2. The van der Waals surface area contributed by atoms with E-state index in [9.17, 15) is 13.2 Å². The first-order valence-corrected chi connectivity index (χ1v) is 6.55. The Morgan fingerprint density at radius 1 is 1.29 bits per heavy atom. The van der Waals surface area contributed by atoms with Crippen LogP contribution in [0.3, 0.4) is 0 Å². The van der Waals surface area contributed by atoms with Gasteiger partial charge in [-0.2, -0.15) is 4.72 Å². The highest BCUT2D eigenvalue weighted by atomic mass is 32.2. The summed E-state index contributed by atoms with van der Waals surface area (Å²) in [4.78, 5) is 10.7. The fraction of sp³-hybridized carbons (Fsp3) is 0.364. The minimum atomic E-state index is -3.77.